The molecule has 1 N–H and O–H groups in total. The summed E-state index contributed by atoms with van der Waals surface area (Å²) < 4.78 is 0.884. The third-order valence-corrected chi connectivity index (χ3v) is 2.26. The van der Waals surface area contributed by atoms with Crippen molar-refractivity contribution in [1.29, 1.82) is 0 Å². The summed E-state index contributed by atoms with van der Waals surface area (Å²) in [6.45, 7) is 0. The van der Waals surface area contributed by atoms with Gasteiger partial charge in [-0.1, -0.05) is 15.9 Å². The van der Waals surface area contributed by atoms with E-state index >= 15 is 0 Å². The maximum absolute atomic E-state index is 10.6. The van der Waals surface area contributed by atoms with Crippen LogP contribution in [0.3, 0.4) is 0 Å². The zero-order valence-corrected chi connectivity index (χ0v) is 8.52. The first-order valence-corrected chi connectivity index (χ1v) is 4.62. The van der Waals surface area contributed by atoms with Crippen LogP contribution in [0.1, 0.15) is 10.5 Å². The molecule has 70 valence electrons. The molecule has 0 saturated heterocycles. The normalized spacial score (nSPS) is 10.4. The monoisotopic (exact) mass is 252 g/mol. The van der Waals surface area contributed by atoms with Gasteiger partial charge in [0.1, 0.15) is 0 Å². The molecule has 0 fully saturated rings. The van der Waals surface area contributed by atoms with Gasteiger partial charge in [0.15, 0.2) is 5.69 Å². The number of benzene rings is 1. The number of aromatic carboxylic acids is 1. The van der Waals surface area contributed by atoms with E-state index in [1.807, 2.05) is 6.07 Å². The Bertz CT molecular complexity index is 513. The van der Waals surface area contributed by atoms with Crippen LogP contribution in [-0.2, 0) is 0 Å². The van der Waals surface area contributed by atoms with Crippen molar-refractivity contribution < 1.29 is 9.90 Å². The fourth-order valence-corrected chi connectivity index (χ4v) is 1.50. The number of hydrogen-bond donors (Lipinski definition) is 1. The summed E-state index contributed by atoms with van der Waals surface area (Å²) in [6.07, 6.45) is 0. The highest BCUT2D eigenvalue weighted by Crippen LogP contribution is 2.17. The Morgan fingerprint density at radius 3 is 2.79 bits per heavy atom. The minimum atomic E-state index is -1.07. The molecule has 0 aliphatic carbocycles. The second-order valence-corrected chi connectivity index (χ2v) is 3.65. The summed E-state index contributed by atoms with van der Waals surface area (Å²) in [5.41, 5.74) is 0.633. The average Bonchev–Trinajstić information content (AvgIpc) is 2.16. The fraction of sp³-hybridized carbons (Fsp3) is 0. The molecule has 5 heteroatoms. The third kappa shape index (κ3) is 1.58. The summed E-state index contributed by atoms with van der Waals surface area (Å²) in [5, 5.41) is 16.8. The standard InChI is InChI=1S/C9H5BrN2O2/c10-6-1-2-7-5(3-6)4-8(9(13)14)12-11-7/h1-4H,(H,13,14). The Labute approximate surface area is 87.7 Å². The van der Waals surface area contributed by atoms with Gasteiger partial charge in [0.05, 0.1) is 5.52 Å². The van der Waals surface area contributed by atoms with Gasteiger partial charge in [-0.15, -0.1) is 10.2 Å². The van der Waals surface area contributed by atoms with Crippen LogP contribution in [0, 0.1) is 0 Å². The highest BCUT2D eigenvalue weighted by atomic mass is 79.9. The first-order valence-electron chi connectivity index (χ1n) is 3.83. The number of hydrogen-bond acceptors (Lipinski definition) is 3. The number of carboxylic acid groups (broad SMARTS) is 1. The number of fused-ring (bicyclic) bond motifs is 1. The van der Waals surface area contributed by atoms with E-state index in [2.05, 4.69) is 26.1 Å². The zero-order valence-electron chi connectivity index (χ0n) is 6.94. The van der Waals surface area contributed by atoms with Crippen molar-refractivity contribution in [3.8, 4) is 0 Å². The van der Waals surface area contributed by atoms with Gasteiger partial charge in [0.25, 0.3) is 0 Å². The molecule has 0 atom stereocenters. The van der Waals surface area contributed by atoms with Gasteiger partial charge in [-0.05, 0) is 24.3 Å². The van der Waals surface area contributed by atoms with E-state index in [9.17, 15) is 4.79 Å². The molecule has 1 aromatic heterocycles. The van der Waals surface area contributed by atoms with Crippen molar-refractivity contribution in [2.45, 2.75) is 0 Å². The predicted molar refractivity (Wildman–Crippen MR) is 54.2 cm³/mol. The van der Waals surface area contributed by atoms with Crippen molar-refractivity contribution in [3.63, 3.8) is 0 Å². The Balaban J connectivity index is 2.69. The molecule has 0 radical (unpaired) electrons. The lowest BCUT2D eigenvalue weighted by atomic mass is 10.2. The van der Waals surface area contributed by atoms with Gasteiger partial charge >= 0.3 is 5.97 Å². The molecule has 4 nitrogen and oxygen atoms in total. The molecule has 1 aromatic carbocycles. The summed E-state index contributed by atoms with van der Waals surface area (Å²) in [5.74, 6) is -1.07. The van der Waals surface area contributed by atoms with Gasteiger partial charge in [0, 0.05) is 9.86 Å². The maximum Gasteiger partial charge on any atom is 0.356 e. The molecule has 14 heavy (non-hydrogen) atoms. The molecule has 0 aliphatic heterocycles. The average molecular weight is 253 g/mol. The topological polar surface area (TPSA) is 63.1 Å². The van der Waals surface area contributed by atoms with Crippen molar-refractivity contribution in [3.05, 3.63) is 34.4 Å². The first-order chi connectivity index (χ1) is 6.66. The lowest BCUT2D eigenvalue weighted by Gasteiger charge is -1.97. The molecular weight excluding hydrogens is 248 g/mol. The highest BCUT2D eigenvalue weighted by molar-refractivity contribution is 9.10. The Hall–Kier alpha value is -1.49. The second-order valence-electron chi connectivity index (χ2n) is 2.74. The minimum Gasteiger partial charge on any atom is -0.476 e. The van der Waals surface area contributed by atoms with E-state index in [0.29, 0.717) is 5.52 Å². The summed E-state index contributed by atoms with van der Waals surface area (Å²) in [6, 6.07) is 6.90. The van der Waals surface area contributed by atoms with Crippen LogP contribution in [0.5, 0.6) is 0 Å². The van der Waals surface area contributed by atoms with Crippen molar-refractivity contribution in [2.75, 3.05) is 0 Å². The number of rotatable bonds is 1. The van der Waals surface area contributed by atoms with Crippen LogP contribution in [0.2, 0.25) is 0 Å². The smallest absolute Gasteiger partial charge is 0.356 e. The quantitative estimate of drug-likeness (QED) is 0.845. The van der Waals surface area contributed by atoms with Crippen LogP contribution in [-0.4, -0.2) is 21.3 Å². The predicted octanol–water partition coefficient (Wildman–Crippen LogP) is 2.09. The highest BCUT2D eigenvalue weighted by Gasteiger charge is 2.06. The summed E-state index contributed by atoms with van der Waals surface area (Å²) in [7, 11) is 0. The molecule has 2 rings (SSSR count). The fourth-order valence-electron chi connectivity index (χ4n) is 1.12. The van der Waals surface area contributed by atoms with Crippen LogP contribution < -0.4 is 0 Å². The largest absolute Gasteiger partial charge is 0.476 e. The molecule has 0 amide bonds. The van der Waals surface area contributed by atoms with E-state index in [4.69, 9.17) is 5.11 Å². The molecule has 0 spiro atoms. The minimum absolute atomic E-state index is 0.0457. The number of halogens is 1. The summed E-state index contributed by atoms with van der Waals surface area (Å²) in [4.78, 5) is 10.6. The molecule has 0 aliphatic rings. The zero-order chi connectivity index (χ0) is 10.1. The number of carboxylic acids is 1. The van der Waals surface area contributed by atoms with E-state index in [1.54, 1.807) is 12.1 Å². The van der Waals surface area contributed by atoms with E-state index < -0.39 is 5.97 Å². The van der Waals surface area contributed by atoms with Crippen LogP contribution >= 0.6 is 15.9 Å². The van der Waals surface area contributed by atoms with Crippen molar-refractivity contribution in [2.24, 2.45) is 0 Å². The molecule has 0 bridgehead atoms. The van der Waals surface area contributed by atoms with E-state index in [0.717, 1.165) is 9.86 Å². The Kier molecular flexibility index (Phi) is 2.17. The molecular formula is C9H5BrN2O2. The van der Waals surface area contributed by atoms with Gasteiger partial charge < -0.3 is 5.11 Å². The Morgan fingerprint density at radius 1 is 1.29 bits per heavy atom. The molecule has 0 unspecified atom stereocenters. The number of aromatic nitrogens is 2. The maximum atomic E-state index is 10.6. The van der Waals surface area contributed by atoms with E-state index in [-0.39, 0.29) is 5.69 Å². The van der Waals surface area contributed by atoms with Gasteiger partial charge in [0.2, 0.25) is 0 Å². The lowest BCUT2D eigenvalue weighted by Crippen LogP contribution is -2.01. The third-order valence-electron chi connectivity index (χ3n) is 1.77. The first kappa shape index (κ1) is 9.08. The van der Waals surface area contributed by atoms with Crippen LogP contribution in [0.4, 0.5) is 0 Å². The van der Waals surface area contributed by atoms with Crippen molar-refractivity contribution in [1.82, 2.24) is 10.2 Å². The molecule has 1 heterocycles. The lowest BCUT2D eigenvalue weighted by molar-refractivity contribution is 0.0689. The van der Waals surface area contributed by atoms with E-state index in [1.165, 1.54) is 6.07 Å². The van der Waals surface area contributed by atoms with Gasteiger partial charge in [-0.3, -0.25) is 0 Å². The Morgan fingerprint density at radius 2 is 2.07 bits per heavy atom. The van der Waals surface area contributed by atoms with Crippen LogP contribution in [0.15, 0.2) is 28.7 Å². The number of nitrogens with zero attached hydrogens (tertiary/aromatic N) is 2. The van der Waals surface area contributed by atoms with Gasteiger partial charge in [-0.25, -0.2) is 4.79 Å². The van der Waals surface area contributed by atoms with Gasteiger partial charge in [-0.2, -0.15) is 0 Å². The van der Waals surface area contributed by atoms with Crippen LogP contribution in [0.25, 0.3) is 10.9 Å². The summed E-state index contributed by atoms with van der Waals surface area (Å²) >= 11 is 3.30. The molecule has 2 aromatic rings. The number of carbonyl (C=O) groups is 1. The molecule has 0 saturated carbocycles. The van der Waals surface area contributed by atoms with Crippen molar-refractivity contribution >= 4 is 32.8 Å². The second kappa shape index (κ2) is 3.34. The SMILES string of the molecule is O=C(O)c1cc2cc(Br)ccc2nn1.